The van der Waals surface area contributed by atoms with Crippen molar-refractivity contribution in [3.05, 3.63) is 62.6 Å². The molecular formula is C22H24F2N4O4. The molecule has 4 rings (SSSR count). The Kier molecular flexibility index (Phi) is 5.72. The maximum atomic E-state index is 14.0. The molecule has 2 aliphatic heterocycles. The molecule has 0 unspecified atom stereocenters. The van der Waals surface area contributed by atoms with Gasteiger partial charge in [-0.15, -0.1) is 0 Å². The van der Waals surface area contributed by atoms with Gasteiger partial charge in [-0.3, -0.25) is 14.4 Å². The number of benzene rings is 1. The Bertz CT molecular complexity index is 1160. The van der Waals surface area contributed by atoms with Crippen LogP contribution < -0.4 is 16.1 Å². The summed E-state index contributed by atoms with van der Waals surface area (Å²) in [7, 11) is 0. The summed E-state index contributed by atoms with van der Waals surface area (Å²) >= 11 is 0. The average Bonchev–Trinajstić information content (AvgIpc) is 3.10. The van der Waals surface area contributed by atoms with Gasteiger partial charge >= 0.3 is 0 Å². The maximum absolute atomic E-state index is 14.0. The number of carbonyl (C=O) groups is 2. The third kappa shape index (κ3) is 3.44. The molecule has 3 N–H and O–H groups in total. The lowest BCUT2D eigenvalue weighted by Crippen LogP contribution is -2.44. The fourth-order valence-electron chi connectivity index (χ4n) is 4.60. The monoisotopic (exact) mass is 446 g/mol. The summed E-state index contributed by atoms with van der Waals surface area (Å²) < 4.78 is 28.7. The second-order valence-electron chi connectivity index (χ2n) is 7.92. The molecule has 0 spiro atoms. The van der Waals surface area contributed by atoms with Gasteiger partial charge in [-0.05, 0) is 26.0 Å². The van der Waals surface area contributed by atoms with E-state index in [9.17, 15) is 28.3 Å². The molecule has 2 aromatic rings. The summed E-state index contributed by atoms with van der Waals surface area (Å²) in [5.41, 5.74) is -0.938. The van der Waals surface area contributed by atoms with E-state index in [4.69, 9.17) is 0 Å². The van der Waals surface area contributed by atoms with E-state index in [0.717, 1.165) is 6.07 Å². The van der Waals surface area contributed by atoms with Gasteiger partial charge in [0, 0.05) is 31.3 Å². The standard InChI is InChI=1S/C22H24F2N4O4/c1-3-25-15-8-13-10-27(4-2)22(32)18-20(30)19(29)16(17(15)28(13)18)21(31)26-9-11-5-6-12(23)7-14(11)24/h5-7,13,15,25,30H,3-4,8-10H2,1-2H3,(H,26,31)/t13-,15+/m0/s1. The molecule has 2 atom stereocenters. The van der Waals surface area contributed by atoms with Crippen molar-refractivity contribution in [1.29, 1.82) is 0 Å². The number of halogens is 2. The van der Waals surface area contributed by atoms with Gasteiger partial charge in [0.15, 0.2) is 11.4 Å². The van der Waals surface area contributed by atoms with Gasteiger partial charge < -0.3 is 25.2 Å². The summed E-state index contributed by atoms with van der Waals surface area (Å²) in [6, 6.07) is 2.41. The summed E-state index contributed by atoms with van der Waals surface area (Å²) in [5, 5.41) is 16.4. The minimum atomic E-state index is -0.946. The van der Waals surface area contributed by atoms with Crippen molar-refractivity contribution >= 4 is 11.8 Å². The molecule has 0 saturated carbocycles. The number of nitrogens with one attached hydrogen (secondary N) is 2. The second kappa shape index (κ2) is 8.34. The van der Waals surface area contributed by atoms with Gasteiger partial charge in [-0.2, -0.15) is 0 Å². The summed E-state index contributed by atoms with van der Waals surface area (Å²) in [5.74, 6) is -3.59. The number of amides is 2. The Balaban J connectivity index is 1.78. The molecule has 0 fully saturated rings. The zero-order valence-corrected chi connectivity index (χ0v) is 17.7. The van der Waals surface area contributed by atoms with Crippen LogP contribution in [0.3, 0.4) is 0 Å². The van der Waals surface area contributed by atoms with Crippen LogP contribution in [0.15, 0.2) is 23.0 Å². The third-order valence-corrected chi connectivity index (χ3v) is 6.06. The highest BCUT2D eigenvalue weighted by Crippen LogP contribution is 2.42. The van der Waals surface area contributed by atoms with Gasteiger partial charge in [0.25, 0.3) is 11.8 Å². The highest BCUT2D eigenvalue weighted by molar-refractivity contribution is 6.00. The number of hydrogen-bond acceptors (Lipinski definition) is 5. The Labute approximate surface area is 182 Å². The second-order valence-corrected chi connectivity index (χ2v) is 7.92. The van der Waals surface area contributed by atoms with Crippen LogP contribution in [0, 0.1) is 11.6 Å². The minimum absolute atomic E-state index is 0.0494. The SMILES string of the molecule is CCN[C@@H]1C[C@H]2CN(CC)C(=O)c3c(O)c(=O)c(C(=O)NCc4ccc(F)cc4F)c1n32. The first-order valence-corrected chi connectivity index (χ1v) is 10.5. The van der Waals surface area contributed by atoms with Crippen LogP contribution in [0.4, 0.5) is 8.78 Å². The highest BCUT2D eigenvalue weighted by atomic mass is 19.1. The molecule has 0 radical (unpaired) electrons. The Morgan fingerprint density at radius 1 is 1.25 bits per heavy atom. The van der Waals surface area contributed by atoms with Crippen LogP contribution in [-0.2, 0) is 6.54 Å². The molecule has 0 aliphatic carbocycles. The van der Waals surface area contributed by atoms with Crippen molar-refractivity contribution in [2.45, 2.75) is 38.9 Å². The predicted molar refractivity (Wildman–Crippen MR) is 112 cm³/mol. The molecule has 1 aromatic heterocycles. The lowest BCUT2D eigenvalue weighted by Gasteiger charge is -2.33. The molecule has 2 amide bonds. The van der Waals surface area contributed by atoms with Gasteiger partial charge in [-0.1, -0.05) is 13.0 Å². The normalized spacial score (nSPS) is 19.2. The molecule has 10 heteroatoms. The molecule has 0 saturated heterocycles. The first kappa shape index (κ1) is 21.9. The molecule has 32 heavy (non-hydrogen) atoms. The molecular weight excluding hydrogens is 422 g/mol. The number of hydrogen-bond donors (Lipinski definition) is 3. The zero-order valence-electron chi connectivity index (χ0n) is 17.7. The number of pyridine rings is 1. The number of nitrogens with zero attached hydrogens (tertiary/aromatic N) is 2. The van der Waals surface area contributed by atoms with E-state index < -0.39 is 34.6 Å². The molecule has 3 heterocycles. The van der Waals surface area contributed by atoms with Crippen molar-refractivity contribution in [2.24, 2.45) is 0 Å². The van der Waals surface area contributed by atoms with E-state index in [1.807, 2.05) is 13.8 Å². The summed E-state index contributed by atoms with van der Waals surface area (Å²) in [6.07, 6.45) is 0.542. The van der Waals surface area contributed by atoms with Crippen LogP contribution in [0.1, 0.15) is 64.5 Å². The largest absolute Gasteiger partial charge is 0.503 e. The first-order valence-electron chi connectivity index (χ1n) is 10.5. The van der Waals surface area contributed by atoms with Gasteiger partial charge in [-0.25, -0.2) is 8.78 Å². The zero-order chi connectivity index (χ0) is 23.2. The summed E-state index contributed by atoms with van der Waals surface area (Å²) in [6.45, 7) is 4.82. The van der Waals surface area contributed by atoms with Crippen molar-refractivity contribution in [3.8, 4) is 5.75 Å². The number of aromatic nitrogens is 1. The molecule has 8 nitrogen and oxygen atoms in total. The van der Waals surface area contributed by atoms with Crippen molar-refractivity contribution in [3.63, 3.8) is 0 Å². The third-order valence-electron chi connectivity index (χ3n) is 6.06. The number of aromatic hydroxyl groups is 1. The molecule has 0 bridgehead atoms. The van der Waals surface area contributed by atoms with Crippen molar-refractivity contribution in [2.75, 3.05) is 19.6 Å². The van der Waals surface area contributed by atoms with Crippen LogP contribution in [0.25, 0.3) is 0 Å². The smallest absolute Gasteiger partial charge is 0.274 e. The van der Waals surface area contributed by atoms with Crippen molar-refractivity contribution in [1.82, 2.24) is 20.1 Å². The van der Waals surface area contributed by atoms with Crippen LogP contribution in [0.5, 0.6) is 5.75 Å². The van der Waals surface area contributed by atoms with E-state index >= 15 is 0 Å². The summed E-state index contributed by atoms with van der Waals surface area (Å²) in [4.78, 5) is 40.5. The van der Waals surface area contributed by atoms with Crippen molar-refractivity contribution < 1.29 is 23.5 Å². The van der Waals surface area contributed by atoms with Crippen LogP contribution >= 0.6 is 0 Å². The fraction of sp³-hybridized carbons (Fsp3) is 0.409. The molecule has 170 valence electrons. The Morgan fingerprint density at radius 3 is 2.66 bits per heavy atom. The minimum Gasteiger partial charge on any atom is -0.503 e. The van der Waals surface area contributed by atoms with E-state index in [1.54, 1.807) is 9.47 Å². The number of carbonyl (C=O) groups excluding carboxylic acids is 2. The lowest BCUT2D eigenvalue weighted by molar-refractivity contribution is 0.0675. The van der Waals surface area contributed by atoms with Crippen LogP contribution in [-0.4, -0.2) is 46.0 Å². The Hall–Kier alpha value is -3.27. The maximum Gasteiger partial charge on any atom is 0.274 e. The average molecular weight is 446 g/mol. The highest BCUT2D eigenvalue weighted by Gasteiger charge is 2.44. The Morgan fingerprint density at radius 2 is 2.00 bits per heavy atom. The lowest BCUT2D eigenvalue weighted by atomic mass is 10.0. The van der Waals surface area contributed by atoms with Crippen LogP contribution in [0.2, 0.25) is 0 Å². The predicted octanol–water partition coefficient (Wildman–Crippen LogP) is 1.83. The quantitative estimate of drug-likeness (QED) is 0.628. The van der Waals surface area contributed by atoms with E-state index in [2.05, 4.69) is 10.6 Å². The molecule has 2 aliphatic rings. The van der Waals surface area contributed by atoms with Gasteiger partial charge in [0.2, 0.25) is 5.43 Å². The molecule has 1 aromatic carbocycles. The topological polar surface area (TPSA) is 104 Å². The van der Waals surface area contributed by atoms with E-state index in [0.29, 0.717) is 37.8 Å². The van der Waals surface area contributed by atoms with Gasteiger partial charge in [0.1, 0.15) is 17.2 Å². The first-order chi connectivity index (χ1) is 15.3. The van der Waals surface area contributed by atoms with E-state index in [1.165, 1.54) is 6.07 Å². The number of rotatable bonds is 6. The van der Waals surface area contributed by atoms with E-state index in [-0.39, 0.29) is 35.4 Å². The van der Waals surface area contributed by atoms with Gasteiger partial charge in [0.05, 0.1) is 17.8 Å². The fourth-order valence-corrected chi connectivity index (χ4v) is 4.60. The number of likely N-dealkylation sites (N-methyl/N-ethyl adjacent to an activating group) is 1.